The standard InChI is InChI=1S/C28H38N4O6/c1-22-3-7-25(8-4-22)38-21-28(35)19-30(13-14-32(20-28)26(33)18-36-2)17-23-5-9-24(10-6-23)37-16-15-31-12-11-29-27(31)34/h3-10,35H,11-21H2,1-2H3,(H,29,34). The van der Waals surface area contributed by atoms with Gasteiger partial charge in [0, 0.05) is 46.4 Å². The summed E-state index contributed by atoms with van der Waals surface area (Å²) in [5.41, 5.74) is 0.939. The molecule has 10 nitrogen and oxygen atoms in total. The molecule has 2 fully saturated rings. The molecular weight excluding hydrogens is 488 g/mol. The molecule has 2 aromatic rings. The molecule has 3 amide bonds. The zero-order chi connectivity index (χ0) is 27.0. The van der Waals surface area contributed by atoms with E-state index in [0.29, 0.717) is 58.2 Å². The minimum atomic E-state index is -1.25. The van der Waals surface area contributed by atoms with Gasteiger partial charge in [-0.3, -0.25) is 9.69 Å². The molecule has 0 bridgehead atoms. The van der Waals surface area contributed by atoms with Gasteiger partial charge in [0.1, 0.15) is 36.9 Å². The number of amides is 3. The van der Waals surface area contributed by atoms with Crippen LogP contribution in [-0.4, -0.2) is 110 Å². The number of hydrogen-bond donors (Lipinski definition) is 2. The van der Waals surface area contributed by atoms with Gasteiger partial charge < -0.3 is 34.4 Å². The Morgan fingerprint density at radius 1 is 1.00 bits per heavy atom. The van der Waals surface area contributed by atoms with Crippen LogP contribution in [0.25, 0.3) is 0 Å². The van der Waals surface area contributed by atoms with Crippen LogP contribution in [0.15, 0.2) is 48.5 Å². The topological polar surface area (TPSA) is 104 Å². The van der Waals surface area contributed by atoms with E-state index in [9.17, 15) is 14.7 Å². The van der Waals surface area contributed by atoms with E-state index in [1.54, 1.807) is 9.80 Å². The molecule has 2 N–H and O–H groups in total. The third-order valence-electron chi connectivity index (χ3n) is 6.74. The number of carbonyl (C=O) groups excluding carboxylic acids is 2. The summed E-state index contributed by atoms with van der Waals surface area (Å²) in [5.74, 6) is 1.26. The van der Waals surface area contributed by atoms with E-state index in [1.165, 1.54) is 7.11 Å². The van der Waals surface area contributed by atoms with E-state index in [0.717, 1.165) is 16.9 Å². The van der Waals surface area contributed by atoms with Crippen LogP contribution in [0.5, 0.6) is 11.5 Å². The third-order valence-corrected chi connectivity index (χ3v) is 6.74. The number of aliphatic hydroxyl groups is 1. The summed E-state index contributed by atoms with van der Waals surface area (Å²) >= 11 is 0. The van der Waals surface area contributed by atoms with Crippen molar-refractivity contribution < 1.29 is 28.9 Å². The van der Waals surface area contributed by atoms with Gasteiger partial charge in [0.2, 0.25) is 5.91 Å². The highest BCUT2D eigenvalue weighted by Gasteiger charge is 2.37. The van der Waals surface area contributed by atoms with E-state index >= 15 is 0 Å². The summed E-state index contributed by atoms with van der Waals surface area (Å²) < 4.78 is 16.8. The molecule has 38 heavy (non-hydrogen) atoms. The first-order valence-corrected chi connectivity index (χ1v) is 13.0. The summed E-state index contributed by atoms with van der Waals surface area (Å²) in [5, 5.41) is 14.4. The summed E-state index contributed by atoms with van der Waals surface area (Å²) in [6.45, 7) is 6.61. The molecule has 1 atom stereocenters. The van der Waals surface area contributed by atoms with Gasteiger partial charge in [-0.2, -0.15) is 0 Å². The maximum Gasteiger partial charge on any atom is 0.317 e. The number of methoxy groups -OCH3 is 1. The second kappa shape index (κ2) is 12.9. The number of β-amino-alcohol motifs (C(OH)–C–C–N with tert-alkyl or cyclic N) is 1. The van der Waals surface area contributed by atoms with Crippen molar-refractivity contribution in [2.75, 3.05) is 72.7 Å². The van der Waals surface area contributed by atoms with Gasteiger partial charge in [0.25, 0.3) is 0 Å². The van der Waals surface area contributed by atoms with Crippen molar-refractivity contribution in [2.24, 2.45) is 0 Å². The van der Waals surface area contributed by atoms with E-state index in [2.05, 4.69) is 10.2 Å². The molecular formula is C28H38N4O6. The minimum absolute atomic E-state index is 0.0290. The Balaban J connectivity index is 1.36. The van der Waals surface area contributed by atoms with Crippen molar-refractivity contribution in [3.8, 4) is 11.5 Å². The Hall–Kier alpha value is -3.34. The summed E-state index contributed by atoms with van der Waals surface area (Å²) in [4.78, 5) is 29.8. The van der Waals surface area contributed by atoms with Crippen LogP contribution in [0.1, 0.15) is 11.1 Å². The fourth-order valence-corrected chi connectivity index (χ4v) is 4.70. The Morgan fingerprint density at radius 2 is 1.71 bits per heavy atom. The molecule has 0 radical (unpaired) electrons. The molecule has 2 saturated heterocycles. The number of aryl methyl sites for hydroxylation is 1. The Labute approximate surface area is 224 Å². The summed E-state index contributed by atoms with van der Waals surface area (Å²) in [7, 11) is 1.49. The Kier molecular flexibility index (Phi) is 9.43. The van der Waals surface area contributed by atoms with Gasteiger partial charge in [-0.05, 0) is 36.8 Å². The molecule has 0 spiro atoms. The van der Waals surface area contributed by atoms with Crippen LogP contribution in [-0.2, 0) is 16.1 Å². The number of urea groups is 1. The van der Waals surface area contributed by atoms with Gasteiger partial charge in [-0.1, -0.05) is 29.8 Å². The molecule has 206 valence electrons. The highest BCUT2D eigenvalue weighted by atomic mass is 16.5. The molecule has 0 aliphatic carbocycles. The van der Waals surface area contributed by atoms with Crippen molar-refractivity contribution >= 4 is 11.9 Å². The van der Waals surface area contributed by atoms with Gasteiger partial charge in [-0.15, -0.1) is 0 Å². The first-order chi connectivity index (χ1) is 18.3. The minimum Gasteiger partial charge on any atom is -0.492 e. The van der Waals surface area contributed by atoms with Crippen LogP contribution in [0.3, 0.4) is 0 Å². The SMILES string of the molecule is COCC(=O)N1CCN(Cc2ccc(OCCN3CCNC3=O)cc2)CC(O)(COc2ccc(C)cc2)C1. The first-order valence-electron chi connectivity index (χ1n) is 13.0. The fraction of sp³-hybridized carbons (Fsp3) is 0.500. The van der Waals surface area contributed by atoms with Crippen LogP contribution < -0.4 is 14.8 Å². The number of nitrogens with one attached hydrogen (secondary N) is 1. The maximum atomic E-state index is 12.6. The van der Waals surface area contributed by atoms with Crippen molar-refractivity contribution in [3.05, 3.63) is 59.7 Å². The van der Waals surface area contributed by atoms with Gasteiger partial charge in [-0.25, -0.2) is 4.79 Å². The Bertz CT molecular complexity index is 1060. The van der Waals surface area contributed by atoms with E-state index < -0.39 is 5.60 Å². The lowest BCUT2D eigenvalue weighted by atomic mass is 10.0. The number of rotatable bonds is 11. The van der Waals surface area contributed by atoms with E-state index in [1.807, 2.05) is 55.5 Å². The lowest BCUT2D eigenvalue weighted by molar-refractivity contribution is -0.138. The molecule has 4 rings (SSSR count). The maximum absolute atomic E-state index is 12.6. The normalized spacial score (nSPS) is 20.2. The molecule has 2 aromatic carbocycles. The van der Waals surface area contributed by atoms with Crippen molar-refractivity contribution in [1.29, 1.82) is 0 Å². The summed E-state index contributed by atoms with van der Waals surface area (Å²) in [6, 6.07) is 15.5. The number of benzene rings is 2. The second-order valence-electron chi connectivity index (χ2n) is 10.00. The number of hydrogen-bond acceptors (Lipinski definition) is 7. The Morgan fingerprint density at radius 3 is 2.39 bits per heavy atom. The largest absolute Gasteiger partial charge is 0.492 e. The quantitative estimate of drug-likeness (QED) is 0.457. The van der Waals surface area contributed by atoms with Crippen LogP contribution >= 0.6 is 0 Å². The second-order valence-corrected chi connectivity index (χ2v) is 10.00. The zero-order valence-electron chi connectivity index (χ0n) is 22.2. The number of nitrogens with zero attached hydrogens (tertiary/aromatic N) is 3. The molecule has 2 aliphatic rings. The molecule has 0 saturated carbocycles. The molecule has 2 aliphatic heterocycles. The number of carbonyl (C=O) groups is 2. The predicted octanol–water partition coefficient (Wildman–Crippen LogP) is 1.50. The summed E-state index contributed by atoms with van der Waals surface area (Å²) in [6.07, 6.45) is 0. The first kappa shape index (κ1) is 27.7. The van der Waals surface area contributed by atoms with Crippen molar-refractivity contribution in [2.45, 2.75) is 19.1 Å². The average molecular weight is 527 g/mol. The highest BCUT2D eigenvalue weighted by molar-refractivity contribution is 5.77. The van der Waals surface area contributed by atoms with Gasteiger partial charge in [0.15, 0.2) is 0 Å². The average Bonchev–Trinajstić information content (AvgIpc) is 3.23. The highest BCUT2D eigenvalue weighted by Crippen LogP contribution is 2.21. The van der Waals surface area contributed by atoms with Crippen molar-refractivity contribution in [1.82, 2.24) is 20.0 Å². The fourth-order valence-electron chi connectivity index (χ4n) is 4.70. The van der Waals surface area contributed by atoms with Crippen LogP contribution in [0.2, 0.25) is 0 Å². The number of ether oxygens (including phenoxy) is 3. The predicted molar refractivity (Wildman–Crippen MR) is 142 cm³/mol. The smallest absolute Gasteiger partial charge is 0.317 e. The molecule has 10 heteroatoms. The molecule has 2 heterocycles. The van der Waals surface area contributed by atoms with Gasteiger partial charge in [0.05, 0.1) is 13.1 Å². The molecule has 0 aromatic heterocycles. The van der Waals surface area contributed by atoms with E-state index in [-0.39, 0.29) is 31.7 Å². The van der Waals surface area contributed by atoms with E-state index in [4.69, 9.17) is 14.2 Å². The van der Waals surface area contributed by atoms with Crippen LogP contribution in [0.4, 0.5) is 4.79 Å². The monoisotopic (exact) mass is 526 g/mol. The lowest BCUT2D eigenvalue weighted by Crippen LogP contribution is -2.52. The molecule has 1 unspecified atom stereocenters. The van der Waals surface area contributed by atoms with Gasteiger partial charge >= 0.3 is 6.03 Å². The van der Waals surface area contributed by atoms with Crippen LogP contribution in [0, 0.1) is 6.92 Å². The van der Waals surface area contributed by atoms with Crippen molar-refractivity contribution in [3.63, 3.8) is 0 Å². The zero-order valence-corrected chi connectivity index (χ0v) is 22.2. The third kappa shape index (κ3) is 7.83. The lowest BCUT2D eigenvalue weighted by Gasteiger charge is -2.33.